The van der Waals surface area contributed by atoms with Crippen LogP contribution in [0.1, 0.15) is 25.7 Å². The molecule has 1 fully saturated rings. The van der Waals surface area contributed by atoms with Gasteiger partial charge < -0.3 is 20.5 Å². The van der Waals surface area contributed by atoms with Gasteiger partial charge in [0.2, 0.25) is 5.91 Å². The van der Waals surface area contributed by atoms with Crippen molar-refractivity contribution in [3.63, 3.8) is 0 Å². The van der Waals surface area contributed by atoms with Crippen molar-refractivity contribution in [1.29, 1.82) is 0 Å². The Morgan fingerprint density at radius 2 is 2.26 bits per heavy atom. The van der Waals surface area contributed by atoms with Gasteiger partial charge in [-0.2, -0.15) is 0 Å². The van der Waals surface area contributed by atoms with Crippen molar-refractivity contribution < 1.29 is 14.3 Å². The Labute approximate surface area is 113 Å². The summed E-state index contributed by atoms with van der Waals surface area (Å²) in [5.41, 5.74) is 6.93. The van der Waals surface area contributed by atoms with Gasteiger partial charge in [0.15, 0.2) is 0 Å². The zero-order valence-corrected chi connectivity index (χ0v) is 11.1. The average molecular weight is 264 g/mol. The van der Waals surface area contributed by atoms with Crippen molar-refractivity contribution in [2.75, 3.05) is 24.8 Å². The summed E-state index contributed by atoms with van der Waals surface area (Å²) in [6.07, 6.45) is 4.18. The monoisotopic (exact) mass is 264 g/mol. The number of nitrogens with one attached hydrogen (secondary N) is 1. The number of carbonyl (C=O) groups excluding carboxylic acids is 1. The van der Waals surface area contributed by atoms with E-state index in [4.69, 9.17) is 15.2 Å². The quantitative estimate of drug-likeness (QED) is 0.772. The number of ether oxygens (including phenoxy) is 2. The molecule has 1 aliphatic rings. The zero-order chi connectivity index (χ0) is 13.7. The van der Waals surface area contributed by atoms with Gasteiger partial charge in [0, 0.05) is 6.07 Å². The van der Waals surface area contributed by atoms with Gasteiger partial charge in [-0.25, -0.2) is 0 Å². The van der Waals surface area contributed by atoms with Crippen LogP contribution in [0.5, 0.6) is 5.75 Å². The molecule has 0 spiro atoms. The number of hydrogen-bond donors (Lipinski definition) is 2. The number of rotatable bonds is 6. The van der Waals surface area contributed by atoms with Crippen molar-refractivity contribution >= 4 is 17.3 Å². The Bertz CT molecular complexity index is 444. The van der Waals surface area contributed by atoms with E-state index in [1.165, 1.54) is 6.42 Å². The molecule has 0 saturated heterocycles. The van der Waals surface area contributed by atoms with Gasteiger partial charge in [-0.05, 0) is 31.4 Å². The first-order chi connectivity index (χ1) is 9.19. The predicted molar refractivity (Wildman–Crippen MR) is 74.2 cm³/mol. The number of nitrogens with two attached hydrogens (primary N) is 1. The van der Waals surface area contributed by atoms with E-state index < -0.39 is 0 Å². The van der Waals surface area contributed by atoms with Gasteiger partial charge in [0.05, 0.1) is 37.6 Å². The lowest BCUT2D eigenvalue weighted by molar-refractivity contribution is -0.118. The molecule has 0 bridgehead atoms. The third kappa shape index (κ3) is 3.86. The molecule has 1 aliphatic carbocycles. The normalized spacial score (nSPS) is 14.8. The maximum Gasteiger partial charge on any atom is 0.226 e. The molecule has 5 heteroatoms. The summed E-state index contributed by atoms with van der Waals surface area (Å²) in [6, 6.07) is 5.18. The van der Waals surface area contributed by atoms with E-state index in [1.54, 1.807) is 25.3 Å². The van der Waals surface area contributed by atoms with Crippen molar-refractivity contribution in [3.05, 3.63) is 18.2 Å². The molecule has 104 valence electrons. The Morgan fingerprint density at radius 1 is 1.47 bits per heavy atom. The van der Waals surface area contributed by atoms with Crippen molar-refractivity contribution in [2.45, 2.75) is 31.8 Å². The first kappa shape index (κ1) is 13.7. The highest BCUT2D eigenvalue weighted by Crippen LogP contribution is 2.24. The van der Waals surface area contributed by atoms with Crippen LogP contribution in [0.2, 0.25) is 0 Å². The fraction of sp³-hybridized carbons (Fsp3) is 0.500. The van der Waals surface area contributed by atoms with Crippen LogP contribution in [0, 0.1) is 0 Å². The molecule has 1 aromatic carbocycles. The van der Waals surface area contributed by atoms with E-state index in [2.05, 4.69) is 5.32 Å². The second kappa shape index (κ2) is 6.43. The van der Waals surface area contributed by atoms with E-state index in [-0.39, 0.29) is 5.91 Å². The van der Waals surface area contributed by atoms with Gasteiger partial charge in [0.25, 0.3) is 0 Å². The molecule has 0 heterocycles. The van der Waals surface area contributed by atoms with Gasteiger partial charge in [0.1, 0.15) is 5.75 Å². The third-order valence-corrected chi connectivity index (χ3v) is 3.27. The largest absolute Gasteiger partial charge is 0.497 e. The summed E-state index contributed by atoms with van der Waals surface area (Å²) in [7, 11) is 1.57. The molecule has 0 unspecified atom stereocenters. The highest BCUT2D eigenvalue weighted by molar-refractivity contribution is 5.94. The summed E-state index contributed by atoms with van der Waals surface area (Å²) >= 11 is 0. The molecule has 1 aromatic rings. The number of nitrogen functional groups attached to an aromatic ring is 1. The molecule has 1 amide bonds. The minimum Gasteiger partial charge on any atom is -0.497 e. The summed E-state index contributed by atoms with van der Waals surface area (Å²) in [4.78, 5) is 11.7. The maximum absolute atomic E-state index is 11.7. The average Bonchev–Trinajstić information content (AvgIpc) is 2.35. The molecule has 19 heavy (non-hydrogen) atoms. The van der Waals surface area contributed by atoms with Crippen LogP contribution in [-0.2, 0) is 9.53 Å². The molecule has 0 radical (unpaired) electrons. The molecular weight excluding hydrogens is 244 g/mol. The Balaban J connectivity index is 1.77. The number of benzene rings is 1. The van der Waals surface area contributed by atoms with Crippen molar-refractivity contribution in [3.8, 4) is 5.75 Å². The first-order valence-corrected chi connectivity index (χ1v) is 6.54. The van der Waals surface area contributed by atoms with Crippen LogP contribution >= 0.6 is 0 Å². The molecule has 0 aromatic heterocycles. The van der Waals surface area contributed by atoms with Gasteiger partial charge >= 0.3 is 0 Å². The molecule has 0 aliphatic heterocycles. The molecule has 0 atom stereocenters. The lowest BCUT2D eigenvalue weighted by Crippen LogP contribution is -2.24. The van der Waals surface area contributed by atoms with Crippen LogP contribution in [0.15, 0.2) is 18.2 Å². The van der Waals surface area contributed by atoms with Gasteiger partial charge in [-0.15, -0.1) is 0 Å². The third-order valence-electron chi connectivity index (χ3n) is 3.27. The van der Waals surface area contributed by atoms with E-state index in [0.717, 1.165) is 12.8 Å². The predicted octanol–water partition coefficient (Wildman–Crippen LogP) is 2.18. The van der Waals surface area contributed by atoms with E-state index in [1.807, 2.05) is 0 Å². The minimum absolute atomic E-state index is 0.0869. The number of amides is 1. The van der Waals surface area contributed by atoms with Crippen LogP contribution in [0.3, 0.4) is 0 Å². The van der Waals surface area contributed by atoms with Gasteiger partial charge in [-0.3, -0.25) is 4.79 Å². The van der Waals surface area contributed by atoms with E-state index in [9.17, 15) is 4.79 Å². The lowest BCUT2D eigenvalue weighted by Gasteiger charge is -2.25. The summed E-state index contributed by atoms with van der Waals surface area (Å²) in [6.45, 7) is 0.465. The van der Waals surface area contributed by atoms with E-state index >= 15 is 0 Å². The van der Waals surface area contributed by atoms with Crippen molar-refractivity contribution in [2.24, 2.45) is 0 Å². The Hall–Kier alpha value is -1.75. The summed E-state index contributed by atoms with van der Waals surface area (Å²) in [5, 5.41) is 2.77. The molecule has 3 N–H and O–H groups in total. The fourth-order valence-electron chi connectivity index (χ4n) is 1.85. The topological polar surface area (TPSA) is 73.6 Å². The zero-order valence-electron chi connectivity index (χ0n) is 11.1. The second-order valence-corrected chi connectivity index (χ2v) is 4.68. The van der Waals surface area contributed by atoms with E-state index in [0.29, 0.717) is 36.3 Å². The lowest BCUT2D eigenvalue weighted by atomic mass is 9.96. The van der Waals surface area contributed by atoms with Crippen LogP contribution < -0.4 is 15.8 Å². The van der Waals surface area contributed by atoms with Crippen LogP contribution in [-0.4, -0.2) is 25.7 Å². The standard InChI is InChI=1S/C14H20N2O3/c1-18-11-5-6-13(12(15)9-11)16-14(17)7-8-19-10-3-2-4-10/h5-6,9-10H,2-4,7-8,15H2,1H3,(H,16,17). The smallest absolute Gasteiger partial charge is 0.226 e. The maximum atomic E-state index is 11.7. The highest BCUT2D eigenvalue weighted by Gasteiger charge is 2.17. The molecule has 5 nitrogen and oxygen atoms in total. The first-order valence-electron chi connectivity index (χ1n) is 6.54. The Morgan fingerprint density at radius 3 is 2.84 bits per heavy atom. The minimum atomic E-state index is -0.0869. The van der Waals surface area contributed by atoms with Crippen molar-refractivity contribution in [1.82, 2.24) is 0 Å². The fourth-order valence-corrected chi connectivity index (χ4v) is 1.85. The molecule has 2 rings (SSSR count). The van der Waals surface area contributed by atoms with Crippen LogP contribution in [0.4, 0.5) is 11.4 Å². The molecule has 1 saturated carbocycles. The SMILES string of the molecule is COc1ccc(NC(=O)CCOC2CCC2)c(N)c1. The number of anilines is 2. The second-order valence-electron chi connectivity index (χ2n) is 4.68. The number of methoxy groups -OCH3 is 1. The van der Waals surface area contributed by atoms with Crippen LogP contribution in [0.25, 0.3) is 0 Å². The number of carbonyl (C=O) groups is 1. The number of hydrogen-bond acceptors (Lipinski definition) is 4. The van der Waals surface area contributed by atoms with Gasteiger partial charge in [-0.1, -0.05) is 0 Å². The Kier molecular flexibility index (Phi) is 4.63. The summed E-state index contributed by atoms with van der Waals surface area (Å²) < 4.78 is 10.6. The highest BCUT2D eigenvalue weighted by atomic mass is 16.5. The molecular formula is C14H20N2O3. The summed E-state index contributed by atoms with van der Waals surface area (Å²) in [5.74, 6) is 0.583.